The predicted molar refractivity (Wildman–Crippen MR) is 54.0 cm³/mol. The number of alkyl halides is 3. The Morgan fingerprint density at radius 3 is 2.59 bits per heavy atom. The molecule has 0 aliphatic heterocycles. The molecular formula is C10H8ClF3O3. The van der Waals surface area contributed by atoms with Crippen molar-refractivity contribution in [3.63, 3.8) is 0 Å². The van der Waals surface area contributed by atoms with Gasteiger partial charge in [0.2, 0.25) is 0 Å². The number of rotatable bonds is 3. The number of benzene rings is 1. The molecule has 0 atom stereocenters. The fourth-order valence-corrected chi connectivity index (χ4v) is 1.21. The van der Waals surface area contributed by atoms with Crippen molar-refractivity contribution in [2.75, 3.05) is 13.7 Å². The first-order chi connectivity index (χ1) is 7.84. The van der Waals surface area contributed by atoms with Gasteiger partial charge in [-0.1, -0.05) is 11.6 Å². The van der Waals surface area contributed by atoms with Crippen molar-refractivity contribution in [1.29, 1.82) is 0 Å². The Balaban J connectivity index is 2.96. The Kier molecular flexibility index (Phi) is 4.22. The van der Waals surface area contributed by atoms with Crippen LogP contribution in [0.25, 0.3) is 0 Å². The van der Waals surface area contributed by atoms with E-state index in [1.165, 1.54) is 0 Å². The molecule has 0 aliphatic carbocycles. The molecule has 17 heavy (non-hydrogen) atoms. The Bertz CT molecular complexity index is 418. The summed E-state index contributed by atoms with van der Waals surface area (Å²) in [5, 5.41) is 0.0814. The number of halogens is 4. The normalized spacial score (nSPS) is 11.1. The average molecular weight is 269 g/mol. The molecule has 0 N–H and O–H groups in total. The van der Waals surface area contributed by atoms with Crippen molar-refractivity contribution in [2.45, 2.75) is 6.18 Å². The van der Waals surface area contributed by atoms with Crippen molar-refractivity contribution < 1.29 is 27.4 Å². The zero-order chi connectivity index (χ0) is 13.1. The summed E-state index contributed by atoms with van der Waals surface area (Å²) >= 11 is 5.55. The molecular weight excluding hydrogens is 261 g/mol. The highest BCUT2D eigenvalue weighted by Crippen LogP contribution is 2.37. The number of hydrogen-bond donors (Lipinski definition) is 0. The van der Waals surface area contributed by atoms with Crippen LogP contribution < -0.4 is 4.74 Å². The minimum absolute atomic E-state index is 0.0814. The SMILES string of the molecule is COC(=O)COc1cc(Cl)ccc1C(F)(F)F. The van der Waals surface area contributed by atoms with Crippen LogP contribution in [0.2, 0.25) is 5.02 Å². The topological polar surface area (TPSA) is 35.5 Å². The molecule has 7 heteroatoms. The molecule has 0 amide bonds. The third kappa shape index (κ3) is 3.81. The van der Waals surface area contributed by atoms with Crippen LogP contribution in [-0.2, 0) is 15.7 Å². The largest absolute Gasteiger partial charge is 0.481 e. The summed E-state index contributed by atoms with van der Waals surface area (Å²) in [5.74, 6) is -1.28. The number of ether oxygens (including phenoxy) is 2. The summed E-state index contributed by atoms with van der Waals surface area (Å²) < 4.78 is 46.6. The summed E-state index contributed by atoms with van der Waals surface area (Å²) in [6, 6.07) is 2.87. The van der Waals surface area contributed by atoms with E-state index in [0.717, 1.165) is 25.3 Å². The maximum absolute atomic E-state index is 12.5. The van der Waals surface area contributed by atoms with Gasteiger partial charge in [0.25, 0.3) is 0 Å². The monoisotopic (exact) mass is 268 g/mol. The molecule has 0 saturated carbocycles. The van der Waals surface area contributed by atoms with Gasteiger partial charge in [-0.2, -0.15) is 13.2 Å². The third-order valence-electron chi connectivity index (χ3n) is 1.82. The minimum atomic E-state index is -4.57. The summed E-state index contributed by atoms with van der Waals surface area (Å²) in [6.45, 7) is -0.611. The molecule has 0 radical (unpaired) electrons. The maximum Gasteiger partial charge on any atom is 0.419 e. The predicted octanol–water partition coefficient (Wildman–Crippen LogP) is 2.91. The van der Waals surface area contributed by atoms with E-state index in [2.05, 4.69) is 4.74 Å². The van der Waals surface area contributed by atoms with Gasteiger partial charge >= 0.3 is 12.1 Å². The average Bonchev–Trinajstić information content (AvgIpc) is 2.24. The molecule has 0 aliphatic rings. The molecule has 0 saturated heterocycles. The molecule has 1 aromatic rings. The Labute approximate surface area is 100 Å². The fraction of sp³-hybridized carbons (Fsp3) is 0.300. The lowest BCUT2D eigenvalue weighted by molar-refractivity contribution is -0.145. The lowest BCUT2D eigenvalue weighted by Crippen LogP contribution is -2.15. The standard InChI is InChI=1S/C10H8ClF3O3/c1-16-9(15)5-17-8-4-6(11)2-3-7(8)10(12,13)14/h2-4H,5H2,1H3. The third-order valence-corrected chi connectivity index (χ3v) is 2.06. The van der Waals surface area contributed by atoms with E-state index in [0.29, 0.717) is 0 Å². The first-order valence-corrected chi connectivity index (χ1v) is 4.78. The second-order valence-electron chi connectivity index (χ2n) is 3.00. The van der Waals surface area contributed by atoms with Gasteiger partial charge in [0.15, 0.2) is 6.61 Å². The van der Waals surface area contributed by atoms with E-state index >= 15 is 0 Å². The van der Waals surface area contributed by atoms with Gasteiger partial charge in [0.05, 0.1) is 12.7 Å². The number of hydrogen-bond acceptors (Lipinski definition) is 3. The zero-order valence-electron chi connectivity index (χ0n) is 8.68. The van der Waals surface area contributed by atoms with Crippen LogP contribution in [0.15, 0.2) is 18.2 Å². The van der Waals surface area contributed by atoms with Crippen LogP contribution >= 0.6 is 11.6 Å². The van der Waals surface area contributed by atoms with Crippen LogP contribution in [0.4, 0.5) is 13.2 Å². The Hall–Kier alpha value is -1.43. The number of carbonyl (C=O) groups excluding carboxylic acids is 1. The van der Waals surface area contributed by atoms with Gasteiger partial charge in [0, 0.05) is 5.02 Å². The van der Waals surface area contributed by atoms with Gasteiger partial charge in [-0.05, 0) is 18.2 Å². The molecule has 0 spiro atoms. The van der Waals surface area contributed by atoms with Gasteiger partial charge in [-0.3, -0.25) is 0 Å². The van der Waals surface area contributed by atoms with Crippen molar-refractivity contribution >= 4 is 17.6 Å². The maximum atomic E-state index is 12.5. The second kappa shape index (κ2) is 5.27. The number of carbonyl (C=O) groups is 1. The van der Waals surface area contributed by atoms with Crippen molar-refractivity contribution in [2.24, 2.45) is 0 Å². The molecule has 0 fully saturated rings. The van der Waals surface area contributed by atoms with Gasteiger partial charge in [-0.15, -0.1) is 0 Å². The number of esters is 1. The summed E-state index contributed by atoms with van der Waals surface area (Å²) in [4.78, 5) is 10.8. The van der Waals surface area contributed by atoms with E-state index < -0.39 is 30.1 Å². The van der Waals surface area contributed by atoms with E-state index in [1.54, 1.807) is 0 Å². The molecule has 0 bridgehead atoms. The van der Waals surface area contributed by atoms with E-state index in [4.69, 9.17) is 16.3 Å². The highest BCUT2D eigenvalue weighted by atomic mass is 35.5. The van der Waals surface area contributed by atoms with Crippen LogP contribution in [0.1, 0.15) is 5.56 Å². The van der Waals surface area contributed by atoms with Gasteiger partial charge in [-0.25, -0.2) is 4.79 Å². The molecule has 0 heterocycles. The summed E-state index contributed by atoms with van der Waals surface area (Å²) in [7, 11) is 1.11. The first kappa shape index (κ1) is 13.6. The van der Waals surface area contributed by atoms with Crippen LogP contribution in [0, 0.1) is 0 Å². The van der Waals surface area contributed by atoms with Gasteiger partial charge < -0.3 is 9.47 Å². The van der Waals surface area contributed by atoms with Crippen molar-refractivity contribution in [1.82, 2.24) is 0 Å². The molecule has 0 aromatic heterocycles. The van der Waals surface area contributed by atoms with E-state index in [9.17, 15) is 18.0 Å². The highest BCUT2D eigenvalue weighted by Gasteiger charge is 2.34. The second-order valence-corrected chi connectivity index (χ2v) is 3.44. The minimum Gasteiger partial charge on any atom is -0.481 e. The van der Waals surface area contributed by atoms with E-state index in [-0.39, 0.29) is 5.02 Å². The van der Waals surface area contributed by atoms with Crippen LogP contribution in [0.3, 0.4) is 0 Å². The fourth-order valence-electron chi connectivity index (χ4n) is 1.05. The number of methoxy groups -OCH3 is 1. The summed E-state index contributed by atoms with van der Waals surface area (Å²) in [5.41, 5.74) is -0.995. The first-order valence-electron chi connectivity index (χ1n) is 4.41. The highest BCUT2D eigenvalue weighted by molar-refractivity contribution is 6.30. The smallest absolute Gasteiger partial charge is 0.419 e. The van der Waals surface area contributed by atoms with Crippen molar-refractivity contribution in [3.05, 3.63) is 28.8 Å². The Morgan fingerprint density at radius 1 is 1.41 bits per heavy atom. The van der Waals surface area contributed by atoms with Crippen LogP contribution in [0.5, 0.6) is 5.75 Å². The lowest BCUT2D eigenvalue weighted by Gasteiger charge is -2.13. The molecule has 3 nitrogen and oxygen atoms in total. The summed E-state index contributed by atoms with van der Waals surface area (Å²) in [6.07, 6.45) is -4.57. The quantitative estimate of drug-likeness (QED) is 0.791. The zero-order valence-corrected chi connectivity index (χ0v) is 9.43. The van der Waals surface area contributed by atoms with Crippen LogP contribution in [-0.4, -0.2) is 19.7 Å². The molecule has 0 unspecified atom stereocenters. The molecule has 1 aromatic carbocycles. The van der Waals surface area contributed by atoms with E-state index in [1.807, 2.05) is 0 Å². The van der Waals surface area contributed by atoms with Crippen molar-refractivity contribution in [3.8, 4) is 5.75 Å². The van der Waals surface area contributed by atoms with Gasteiger partial charge in [0.1, 0.15) is 5.75 Å². The Morgan fingerprint density at radius 2 is 2.06 bits per heavy atom. The molecule has 1 rings (SSSR count). The lowest BCUT2D eigenvalue weighted by atomic mass is 10.2. The molecule has 94 valence electrons.